The van der Waals surface area contributed by atoms with E-state index in [9.17, 15) is 9.90 Å². The fourth-order valence-corrected chi connectivity index (χ4v) is 3.27. The summed E-state index contributed by atoms with van der Waals surface area (Å²) in [4.78, 5) is 13.5. The Balaban J connectivity index is 1.90. The summed E-state index contributed by atoms with van der Waals surface area (Å²) in [6.45, 7) is 3.68. The van der Waals surface area contributed by atoms with Crippen LogP contribution in [0.15, 0.2) is 51.8 Å². The van der Waals surface area contributed by atoms with Crippen molar-refractivity contribution in [2.45, 2.75) is 18.7 Å². The number of hydrogen-bond donors (Lipinski definition) is 1. The molecule has 1 N–H and O–H groups in total. The second-order valence-electron chi connectivity index (χ2n) is 5.68. The van der Waals surface area contributed by atoms with E-state index in [0.717, 1.165) is 32.6 Å². The number of hydrogen-bond acceptors (Lipinski definition) is 4. The van der Waals surface area contributed by atoms with Crippen molar-refractivity contribution in [2.75, 3.05) is 6.26 Å². The number of benzene rings is 2. The third-order valence-corrected chi connectivity index (χ3v) is 4.72. The highest BCUT2D eigenvalue weighted by molar-refractivity contribution is 7.98. The van der Waals surface area contributed by atoms with E-state index in [1.54, 1.807) is 23.9 Å². The van der Waals surface area contributed by atoms with Crippen LogP contribution in [-0.4, -0.2) is 17.1 Å². The lowest BCUT2D eigenvalue weighted by Gasteiger charge is -2.04. The van der Waals surface area contributed by atoms with Crippen molar-refractivity contribution in [3.05, 3.63) is 64.9 Å². The van der Waals surface area contributed by atoms with Crippen molar-refractivity contribution in [2.24, 2.45) is 0 Å². The Bertz CT molecular complexity index is 928. The molecule has 4 heteroatoms. The lowest BCUT2D eigenvalue weighted by molar-refractivity contribution is 0.102. The van der Waals surface area contributed by atoms with Crippen LogP contribution in [-0.2, 0) is 0 Å². The molecule has 0 fully saturated rings. The smallest absolute Gasteiger partial charge is 0.221 e. The highest BCUT2D eigenvalue weighted by Gasteiger charge is 2.12. The highest BCUT2D eigenvalue weighted by atomic mass is 32.2. The average Bonchev–Trinajstić information content (AvgIpc) is 3.01. The Hall–Kier alpha value is -2.46. The minimum atomic E-state index is -0.179. The zero-order valence-electron chi connectivity index (χ0n) is 13.8. The zero-order chi connectivity index (χ0) is 17.3. The minimum absolute atomic E-state index is 0.179. The van der Waals surface area contributed by atoms with E-state index in [1.165, 1.54) is 6.08 Å². The molecule has 0 spiro atoms. The summed E-state index contributed by atoms with van der Waals surface area (Å²) < 4.78 is 5.67. The molecule has 24 heavy (non-hydrogen) atoms. The van der Waals surface area contributed by atoms with Gasteiger partial charge in [-0.15, -0.1) is 11.8 Å². The van der Waals surface area contributed by atoms with Crippen molar-refractivity contribution >= 4 is 34.6 Å². The standard InChI is InChI=1S/C20H18O3S/c1-12-9-14(10-13(2)20(12)22)7-8-16(21)18-11-15-17(23-18)5-4-6-19(15)24-3/h4-11,22H,1-3H3/b8-7+. The number of phenols is 1. The largest absolute Gasteiger partial charge is 0.507 e. The Morgan fingerprint density at radius 1 is 1.17 bits per heavy atom. The molecule has 0 saturated heterocycles. The van der Waals surface area contributed by atoms with Crippen LogP contribution in [0.1, 0.15) is 27.2 Å². The van der Waals surface area contributed by atoms with Crippen LogP contribution in [0.25, 0.3) is 17.0 Å². The number of phenolic OH excluding ortho intramolecular Hbond substituents is 1. The number of aromatic hydroxyl groups is 1. The van der Waals surface area contributed by atoms with Gasteiger partial charge in [-0.1, -0.05) is 12.1 Å². The van der Waals surface area contributed by atoms with Gasteiger partial charge in [0.05, 0.1) is 0 Å². The van der Waals surface area contributed by atoms with Crippen LogP contribution in [0.5, 0.6) is 5.75 Å². The number of fused-ring (bicyclic) bond motifs is 1. The first-order chi connectivity index (χ1) is 11.5. The maximum atomic E-state index is 12.4. The van der Waals surface area contributed by atoms with Crippen LogP contribution in [0, 0.1) is 13.8 Å². The normalized spacial score (nSPS) is 11.5. The Labute approximate surface area is 145 Å². The second kappa shape index (κ2) is 6.57. The number of furan rings is 1. The second-order valence-corrected chi connectivity index (χ2v) is 6.53. The average molecular weight is 338 g/mol. The lowest BCUT2D eigenvalue weighted by Crippen LogP contribution is -1.91. The molecule has 0 radical (unpaired) electrons. The van der Waals surface area contributed by atoms with Gasteiger partial charge in [0.2, 0.25) is 5.78 Å². The number of aryl methyl sites for hydroxylation is 2. The first-order valence-corrected chi connectivity index (χ1v) is 8.81. The molecule has 0 bridgehead atoms. The molecular weight excluding hydrogens is 320 g/mol. The predicted molar refractivity (Wildman–Crippen MR) is 98.9 cm³/mol. The Morgan fingerprint density at radius 2 is 1.88 bits per heavy atom. The summed E-state index contributed by atoms with van der Waals surface area (Å²) in [7, 11) is 0. The summed E-state index contributed by atoms with van der Waals surface area (Å²) in [6, 6.07) is 11.3. The number of allylic oxidation sites excluding steroid dienone is 1. The first-order valence-electron chi connectivity index (χ1n) is 7.59. The fraction of sp³-hybridized carbons (Fsp3) is 0.150. The van der Waals surface area contributed by atoms with Crippen LogP contribution in [0.2, 0.25) is 0 Å². The fourth-order valence-electron chi connectivity index (χ4n) is 2.67. The summed E-state index contributed by atoms with van der Waals surface area (Å²) in [5, 5.41) is 10.8. The molecular formula is C20H18O3S. The summed E-state index contributed by atoms with van der Waals surface area (Å²) in [6.07, 6.45) is 5.24. The summed E-state index contributed by atoms with van der Waals surface area (Å²) in [5.41, 5.74) is 3.16. The van der Waals surface area contributed by atoms with Gasteiger partial charge in [0, 0.05) is 10.3 Å². The van der Waals surface area contributed by atoms with E-state index < -0.39 is 0 Å². The molecule has 3 aromatic rings. The quantitative estimate of drug-likeness (QED) is 0.394. The van der Waals surface area contributed by atoms with E-state index in [4.69, 9.17) is 4.42 Å². The lowest BCUT2D eigenvalue weighted by atomic mass is 10.0. The van der Waals surface area contributed by atoms with Crippen molar-refractivity contribution in [3.63, 3.8) is 0 Å². The first kappa shape index (κ1) is 16.4. The number of ketones is 1. The molecule has 1 aromatic heterocycles. The summed E-state index contributed by atoms with van der Waals surface area (Å²) in [5.74, 6) is 0.442. The molecule has 0 unspecified atom stereocenters. The number of rotatable bonds is 4. The van der Waals surface area contributed by atoms with Gasteiger partial charge in [-0.3, -0.25) is 4.79 Å². The topological polar surface area (TPSA) is 50.4 Å². The van der Waals surface area contributed by atoms with Crippen molar-refractivity contribution in [1.29, 1.82) is 0 Å². The Kier molecular flexibility index (Phi) is 4.49. The Morgan fingerprint density at radius 3 is 2.54 bits per heavy atom. The van der Waals surface area contributed by atoms with Gasteiger partial charge in [-0.05, 0) is 73.2 Å². The van der Waals surface area contributed by atoms with Gasteiger partial charge in [0.25, 0.3) is 0 Å². The van der Waals surface area contributed by atoms with Crippen LogP contribution in [0.3, 0.4) is 0 Å². The van der Waals surface area contributed by atoms with E-state index in [2.05, 4.69) is 0 Å². The number of carbonyl (C=O) groups is 1. The highest BCUT2D eigenvalue weighted by Crippen LogP contribution is 2.29. The third-order valence-electron chi connectivity index (χ3n) is 3.92. The van der Waals surface area contributed by atoms with E-state index in [-0.39, 0.29) is 5.78 Å². The molecule has 0 saturated carbocycles. The number of thioether (sulfide) groups is 1. The molecule has 0 atom stereocenters. The minimum Gasteiger partial charge on any atom is -0.507 e. The maximum absolute atomic E-state index is 12.4. The monoisotopic (exact) mass is 338 g/mol. The zero-order valence-corrected chi connectivity index (χ0v) is 14.6. The number of carbonyl (C=O) groups excluding carboxylic acids is 1. The molecule has 2 aromatic carbocycles. The van der Waals surface area contributed by atoms with Gasteiger partial charge >= 0.3 is 0 Å². The summed E-state index contributed by atoms with van der Waals surface area (Å²) >= 11 is 1.63. The van der Waals surface area contributed by atoms with Crippen LogP contribution < -0.4 is 0 Å². The van der Waals surface area contributed by atoms with Crippen molar-refractivity contribution < 1.29 is 14.3 Å². The van der Waals surface area contributed by atoms with Gasteiger partial charge in [-0.2, -0.15) is 0 Å². The van der Waals surface area contributed by atoms with E-state index in [1.807, 2.05) is 50.4 Å². The van der Waals surface area contributed by atoms with Gasteiger partial charge in [0.15, 0.2) is 5.76 Å². The van der Waals surface area contributed by atoms with Crippen LogP contribution >= 0.6 is 11.8 Å². The van der Waals surface area contributed by atoms with Gasteiger partial charge < -0.3 is 9.52 Å². The maximum Gasteiger partial charge on any atom is 0.221 e. The van der Waals surface area contributed by atoms with Crippen molar-refractivity contribution in [1.82, 2.24) is 0 Å². The third kappa shape index (κ3) is 3.10. The van der Waals surface area contributed by atoms with E-state index in [0.29, 0.717) is 11.5 Å². The predicted octanol–water partition coefficient (Wildman–Crippen LogP) is 5.37. The SMILES string of the molecule is CSc1cccc2oc(C(=O)/C=C/c3cc(C)c(O)c(C)c3)cc12. The molecule has 0 aliphatic carbocycles. The molecule has 0 aliphatic heterocycles. The molecule has 3 nitrogen and oxygen atoms in total. The van der Waals surface area contributed by atoms with Crippen molar-refractivity contribution in [3.8, 4) is 5.75 Å². The van der Waals surface area contributed by atoms with Gasteiger partial charge in [0.1, 0.15) is 11.3 Å². The molecule has 1 heterocycles. The van der Waals surface area contributed by atoms with Gasteiger partial charge in [-0.25, -0.2) is 0 Å². The molecule has 122 valence electrons. The molecule has 0 aliphatic rings. The van der Waals surface area contributed by atoms with E-state index >= 15 is 0 Å². The molecule has 3 rings (SSSR count). The molecule has 0 amide bonds. The van der Waals surface area contributed by atoms with Crippen LogP contribution in [0.4, 0.5) is 0 Å².